The zero-order chi connectivity index (χ0) is 15.4. The van der Waals surface area contributed by atoms with Gasteiger partial charge in [-0.1, -0.05) is 30.3 Å². The van der Waals surface area contributed by atoms with E-state index < -0.39 is 0 Å². The monoisotopic (exact) mass is 299 g/mol. The van der Waals surface area contributed by atoms with Crippen LogP contribution < -0.4 is 5.32 Å². The Balaban J connectivity index is 1.62. The number of aliphatic hydroxyl groups excluding tert-OH is 1. The average Bonchev–Trinajstić information content (AvgIpc) is 2.97. The minimum absolute atomic E-state index is 0.0136. The molecule has 1 aromatic heterocycles. The Labute approximate surface area is 130 Å². The molecular formula is C17H21N3O2. The molecule has 0 radical (unpaired) electrons. The summed E-state index contributed by atoms with van der Waals surface area (Å²) in [6, 6.07) is 10.2. The number of aromatic nitrogens is 2. The van der Waals surface area contributed by atoms with E-state index in [4.69, 9.17) is 0 Å². The van der Waals surface area contributed by atoms with Crippen molar-refractivity contribution in [3.63, 3.8) is 0 Å². The van der Waals surface area contributed by atoms with Crippen LogP contribution in [0, 0.1) is 5.92 Å². The third-order valence-corrected chi connectivity index (χ3v) is 4.25. The van der Waals surface area contributed by atoms with Crippen molar-refractivity contribution in [3.8, 4) is 0 Å². The first-order chi connectivity index (χ1) is 10.7. The number of nitrogens with one attached hydrogen (secondary N) is 1. The maximum absolute atomic E-state index is 12.2. The predicted molar refractivity (Wildman–Crippen MR) is 83.0 cm³/mol. The van der Waals surface area contributed by atoms with Crippen molar-refractivity contribution in [2.75, 3.05) is 0 Å². The minimum atomic E-state index is -0.214. The van der Waals surface area contributed by atoms with Crippen LogP contribution >= 0.6 is 0 Å². The summed E-state index contributed by atoms with van der Waals surface area (Å²) in [4.78, 5) is 16.2. The van der Waals surface area contributed by atoms with Gasteiger partial charge in [0.2, 0.25) is 5.91 Å². The van der Waals surface area contributed by atoms with E-state index in [1.54, 1.807) is 23.3 Å². The summed E-state index contributed by atoms with van der Waals surface area (Å²) in [5.41, 5.74) is 1.21. The van der Waals surface area contributed by atoms with Crippen LogP contribution in [0.25, 0.3) is 0 Å². The van der Waals surface area contributed by atoms with Crippen molar-refractivity contribution in [1.29, 1.82) is 0 Å². The lowest BCUT2D eigenvalue weighted by atomic mass is 9.75. The van der Waals surface area contributed by atoms with Gasteiger partial charge in [0, 0.05) is 18.4 Å². The fraction of sp³-hybridized carbons (Fsp3) is 0.412. The number of hydrogen-bond donors (Lipinski definition) is 2. The number of imidazole rings is 1. The lowest BCUT2D eigenvalue weighted by molar-refractivity contribution is -0.123. The fourth-order valence-corrected chi connectivity index (χ4v) is 2.96. The number of rotatable bonds is 6. The number of aliphatic hydroxyl groups is 1. The van der Waals surface area contributed by atoms with E-state index in [0.717, 1.165) is 19.3 Å². The summed E-state index contributed by atoms with van der Waals surface area (Å²) in [6.45, 7) is 0.278. The molecule has 1 aromatic carbocycles. The first-order valence-corrected chi connectivity index (χ1v) is 7.68. The molecule has 0 spiro atoms. The Morgan fingerprint density at radius 1 is 1.36 bits per heavy atom. The maximum Gasteiger partial charge on any atom is 0.240 e. The molecule has 1 saturated carbocycles. The molecular weight excluding hydrogens is 278 g/mol. The van der Waals surface area contributed by atoms with Gasteiger partial charge in [-0.2, -0.15) is 0 Å². The number of amides is 1. The van der Waals surface area contributed by atoms with Crippen LogP contribution in [0.3, 0.4) is 0 Å². The van der Waals surface area contributed by atoms with Crippen LogP contribution in [-0.4, -0.2) is 32.7 Å². The average molecular weight is 299 g/mol. The highest BCUT2D eigenvalue weighted by Crippen LogP contribution is 2.31. The van der Waals surface area contributed by atoms with Crippen LogP contribution in [0.1, 0.15) is 18.4 Å². The molecule has 1 amide bonds. The quantitative estimate of drug-likeness (QED) is 0.847. The van der Waals surface area contributed by atoms with Crippen LogP contribution in [0.5, 0.6) is 0 Å². The van der Waals surface area contributed by atoms with Gasteiger partial charge >= 0.3 is 0 Å². The maximum atomic E-state index is 12.2. The van der Waals surface area contributed by atoms with Gasteiger partial charge < -0.3 is 15.0 Å². The van der Waals surface area contributed by atoms with Gasteiger partial charge in [-0.05, 0) is 30.7 Å². The van der Waals surface area contributed by atoms with Crippen LogP contribution in [-0.2, 0) is 17.8 Å². The predicted octanol–water partition coefficient (Wildman–Crippen LogP) is 1.38. The smallest absolute Gasteiger partial charge is 0.240 e. The highest BCUT2D eigenvalue weighted by atomic mass is 16.3. The molecule has 1 aliphatic carbocycles. The molecule has 5 nitrogen and oxygen atoms in total. The van der Waals surface area contributed by atoms with Crippen molar-refractivity contribution in [2.45, 2.75) is 38.0 Å². The molecule has 3 rings (SSSR count). The first-order valence-electron chi connectivity index (χ1n) is 7.68. The van der Waals surface area contributed by atoms with E-state index >= 15 is 0 Å². The van der Waals surface area contributed by atoms with Gasteiger partial charge in [-0.3, -0.25) is 4.79 Å². The van der Waals surface area contributed by atoms with Gasteiger partial charge in [0.1, 0.15) is 6.54 Å². The van der Waals surface area contributed by atoms with Crippen LogP contribution in [0.4, 0.5) is 0 Å². The summed E-state index contributed by atoms with van der Waals surface area (Å²) >= 11 is 0. The van der Waals surface area contributed by atoms with E-state index in [1.807, 2.05) is 18.2 Å². The molecule has 1 unspecified atom stereocenters. The molecule has 1 heterocycles. The molecule has 0 aliphatic heterocycles. The first kappa shape index (κ1) is 14.8. The van der Waals surface area contributed by atoms with Crippen molar-refractivity contribution < 1.29 is 9.90 Å². The topological polar surface area (TPSA) is 67.2 Å². The van der Waals surface area contributed by atoms with Gasteiger partial charge in [0.25, 0.3) is 0 Å². The highest BCUT2D eigenvalue weighted by Gasteiger charge is 2.34. The van der Waals surface area contributed by atoms with Crippen molar-refractivity contribution in [2.24, 2.45) is 5.92 Å². The standard InChI is InChI=1S/C17H21N3O2/c21-15-9-14(10-15)16(8-13-4-2-1-3-5-13)19-17(22)11-20-7-6-18-12-20/h1-7,12,14-16,21H,8-11H2,(H,19,22). The summed E-state index contributed by atoms with van der Waals surface area (Å²) in [5, 5.41) is 12.7. The molecule has 5 heteroatoms. The van der Waals surface area contributed by atoms with Gasteiger partial charge in [0.05, 0.1) is 12.4 Å². The molecule has 0 bridgehead atoms. The van der Waals surface area contributed by atoms with Gasteiger partial charge in [0.15, 0.2) is 0 Å². The van der Waals surface area contributed by atoms with E-state index in [9.17, 15) is 9.90 Å². The van der Waals surface area contributed by atoms with Crippen LogP contribution in [0.15, 0.2) is 49.1 Å². The Morgan fingerprint density at radius 3 is 2.77 bits per heavy atom. The second kappa shape index (κ2) is 6.75. The molecule has 1 aliphatic rings. The number of hydrogen-bond acceptors (Lipinski definition) is 3. The molecule has 2 N–H and O–H groups in total. The lowest BCUT2D eigenvalue weighted by Crippen LogP contribution is -2.49. The Hall–Kier alpha value is -2.14. The Morgan fingerprint density at radius 2 is 2.14 bits per heavy atom. The normalized spacial score (nSPS) is 21.9. The molecule has 2 aromatic rings. The number of benzene rings is 1. The van der Waals surface area contributed by atoms with Crippen molar-refractivity contribution in [3.05, 3.63) is 54.6 Å². The third-order valence-electron chi connectivity index (χ3n) is 4.25. The van der Waals surface area contributed by atoms with Crippen molar-refractivity contribution in [1.82, 2.24) is 14.9 Å². The molecule has 116 valence electrons. The SMILES string of the molecule is O=C(Cn1ccnc1)NC(Cc1ccccc1)C1CC(O)C1. The summed E-state index contributed by atoms with van der Waals surface area (Å²) in [5.74, 6) is 0.335. The van der Waals surface area contributed by atoms with E-state index in [0.29, 0.717) is 5.92 Å². The Bertz CT molecular complexity index is 592. The number of carbonyl (C=O) groups is 1. The molecule has 0 saturated heterocycles. The van der Waals surface area contributed by atoms with Gasteiger partial charge in [-0.25, -0.2) is 4.98 Å². The summed E-state index contributed by atoms with van der Waals surface area (Å²) < 4.78 is 1.75. The van der Waals surface area contributed by atoms with E-state index in [2.05, 4.69) is 22.4 Å². The van der Waals surface area contributed by atoms with Gasteiger partial charge in [-0.15, -0.1) is 0 Å². The second-order valence-corrected chi connectivity index (χ2v) is 5.98. The van der Waals surface area contributed by atoms with Crippen LogP contribution in [0.2, 0.25) is 0 Å². The number of nitrogens with zero attached hydrogens (tertiary/aromatic N) is 2. The largest absolute Gasteiger partial charge is 0.393 e. The highest BCUT2D eigenvalue weighted by molar-refractivity contribution is 5.76. The summed E-state index contributed by atoms with van der Waals surface area (Å²) in [6.07, 6.45) is 7.20. The number of carbonyl (C=O) groups excluding carboxylic acids is 1. The molecule has 1 fully saturated rings. The molecule has 1 atom stereocenters. The van der Waals surface area contributed by atoms with E-state index in [-0.39, 0.29) is 24.6 Å². The minimum Gasteiger partial charge on any atom is -0.393 e. The van der Waals surface area contributed by atoms with Crippen molar-refractivity contribution >= 4 is 5.91 Å². The molecule has 22 heavy (non-hydrogen) atoms. The fourth-order valence-electron chi connectivity index (χ4n) is 2.96. The second-order valence-electron chi connectivity index (χ2n) is 5.98. The third kappa shape index (κ3) is 3.74. The Kier molecular flexibility index (Phi) is 4.53. The zero-order valence-electron chi connectivity index (χ0n) is 12.4. The lowest BCUT2D eigenvalue weighted by Gasteiger charge is -2.38. The zero-order valence-corrected chi connectivity index (χ0v) is 12.4. The van der Waals surface area contributed by atoms with E-state index in [1.165, 1.54) is 5.56 Å². The summed E-state index contributed by atoms with van der Waals surface area (Å²) in [7, 11) is 0.